The fourth-order valence-electron chi connectivity index (χ4n) is 1.71. The molecule has 0 aliphatic heterocycles. The maximum absolute atomic E-state index is 11.8. The minimum Gasteiger partial charge on any atom is -0.382 e. The van der Waals surface area contributed by atoms with Gasteiger partial charge in [0.1, 0.15) is 12.7 Å². The molecule has 3 rings (SSSR count). The third-order valence-corrected chi connectivity index (χ3v) is 2.68. The van der Waals surface area contributed by atoms with Crippen molar-refractivity contribution in [3.05, 3.63) is 45.3 Å². The molecule has 0 aromatic carbocycles. The van der Waals surface area contributed by atoms with Gasteiger partial charge < -0.3 is 5.73 Å². The third kappa shape index (κ3) is 1.59. The van der Waals surface area contributed by atoms with Gasteiger partial charge in [-0.15, -0.1) is 0 Å². The Kier molecular flexibility index (Phi) is 2.21. The molecular weight excluding hydrogens is 250 g/mol. The lowest BCUT2D eigenvalue weighted by molar-refractivity contribution is 0.615. The van der Waals surface area contributed by atoms with Crippen molar-refractivity contribution in [2.45, 2.75) is 6.92 Å². The van der Waals surface area contributed by atoms with E-state index < -0.39 is 11.2 Å². The molecule has 9 heteroatoms. The number of hydrogen-bond donors (Lipinski definition) is 2. The van der Waals surface area contributed by atoms with Crippen molar-refractivity contribution in [2.75, 3.05) is 5.73 Å². The van der Waals surface area contributed by atoms with Gasteiger partial charge in [-0.25, -0.2) is 29.1 Å². The van der Waals surface area contributed by atoms with Gasteiger partial charge in [-0.3, -0.25) is 9.78 Å². The predicted molar refractivity (Wildman–Crippen MR) is 66.6 cm³/mol. The Labute approximate surface area is 105 Å². The first-order valence-electron chi connectivity index (χ1n) is 5.34. The number of aromatic nitrogens is 6. The Morgan fingerprint density at radius 2 is 2.00 bits per heavy atom. The summed E-state index contributed by atoms with van der Waals surface area (Å²) in [5.41, 5.74) is 5.80. The largest absolute Gasteiger partial charge is 0.382 e. The van der Waals surface area contributed by atoms with Crippen molar-refractivity contribution < 1.29 is 0 Å². The lowest BCUT2D eigenvalue weighted by atomic mass is 10.4. The second-order valence-corrected chi connectivity index (χ2v) is 3.94. The highest BCUT2D eigenvalue weighted by atomic mass is 16.2. The Morgan fingerprint density at radius 3 is 2.79 bits per heavy atom. The van der Waals surface area contributed by atoms with Gasteiger partial charge in [-0.1, -0.05) is 0 Å². The second-order valence-electron chi connectivity index (χ2n) is 3.94. The van der Waals surface area contributed by atoms with Crippen molar-refractivity contribution in [3.8, 4) is 0 Å². The molecule has 3 N–H and O–H groups in total. The molecule has 9 nitrogen and oxygen atoms in total. The summed E-state index contributed by atoms with van der Waals surface area (Å²) in [4.78, 5) is 37.2. The standard InChI is InChI=1S/C10H9N7O2/c1-5-2-16(10(19)15-9(5)18)17-4-14-6-7(11)12-3-13-8(6)17/h2-4H,1H3,(H2,11,12,13)(H,15,18,19). The highest BCUT2D eigenvalue weighted by Crippen LogP contribution is 2.13. The first kappa shape index (κ1) is 11.1. The predicted octanol–water partition coefficient (Wildman–Crippen LogP) is -1.12. The van der Waals surface area contributed by atoms with Gasteiger partial charge in [0.05, 0.1) is 0 Å². The second kappa shape index (κ2) is 3.77. The fourth-order valence-corrected chi connectivity index (χ4v) is 1.71. The first-order chi connectivity index (χ1) is 9.08. The Morgan fingerprint density at radius 1 is 1.21 bits per heavy atom. The molecule has 0 bridgehead atoms. The zero-order valence-electron chi connectivity index (χ0n) is 9.86. The molecule has 96 valence electrons. The minimum atomic E-state index is -0.591. The molecule has 0 saturated carbocycles. The molecule has 19 heavy (non-hydrogen) atoms. The van der Waals surface area contributed by atoms with E-state index in [1.807, 2.05) is 0 Å². The summed E-state index contributed by atoms with van der Waals surface area (Å²) in [6.45, 7) is 1.59. The molecule has 0 radical (unpaired) electrons. The average Bonchev–Trinajstić information content (AvgIpc) is 2.79. The average molecular weight is 259 g/mol. The number of nitrogen functional groups attached to an aromatic ring is 1. The monoisotopic (exact) mass is 259 g/mol. The van der Waals surface area contributed by atoms with Crippen molar-refractivity contribution >= 4 is 17.0 Å². The Bertz CT molecular complexity index is 889. The number of imidazole rings is 1. The van der Waals surface area contributed by atoms with Gasteiger partial charge >= 0.3 is 5.69 Å². The van der Waals surface area contributed by atoms with E-state index in [1.165, 1.54) is 28.2 Å². The Balaban J connectivity index is 2.37. The van der Waals surface area contributed by atoms with Gasteiger partial charge in [0.25, 0.3) is 5.56 Å². The van der Waals surface area contributed by atoms with Gasteiger partial charge in [0, 0.05) is 11.8 Å². The Hall–Kier alpha value is -2.97. The van der Waals surface area contributed by atoms with Crippen LogP contribution in [-0.2, 0) is 0 Å². The van der Waals surface area contributed by atoms with Crippen LogP contribution in [-0.4, -0.2) is 29.3 Å². The summed E-state index contributed by atoms with van der Waals surface area (Å²) < 4.78 is 2.58. The molecule has 0 aliphatic carbocycles. The van der Waals surface area contributed by atoms with E-state index in [0.29, 0.717) is 16.7 Å². The van der Waals surface area contributed by atoms with Crippen molar-refractivity contribution in [1.82, 2.24) is 29.3 Å². The highest BCUT2D eigenvalue weighted by Gasteiger charge is 2.10. The van der Waals surface area contributed by atoms with Gasteiger partial charge in [0.2, 0.25) is 0 Å². The van der Waals surface area contributed by atoms with Crippen LogP contribution in [0.2, 0.25) is 0 Å². The molecule has 3 heterocycles. The van der Waals surface area contributed by atoms with Crippen LogP contribution in [0.3, 0.4) is 0 Å². The molecule has 3 aromatic rings. The summed E-state index contributed by atoms with van der Waals surface area (Å²) in [6, 6.07) is 0. The summed E-state index contributed by atoms with van der Waals surface area (Å²) in [5, 5.41) is 0. The highest BCUT2D eigenvalue weighted by molar-refractivity contribution is 5.81. The minimum absolute atomic E-state index is 0.220. The number of hydrogen-bond acceptors (Lipinski definition) is 6. The van der Waals surface area contributed by atoms with Crippen LogP contribution in [0.5, 0.6) is 0 Å². The maximum atomic E-state index is 11.8. The summed E-state index contributed by atoms with van der Waals surface area (Å²) in [7, 11) is 0. The number of H-pyrrole nitrogens is 1. The van der Waals surface area contributed by atoms with Crippen LogP contribution < -0.4 is 17.0 Å². The lowest BCUT2D eigenvalue weighted by Gasteiger charge is -2.06. The van der Waals surface area contributed by atoms with Crippen molar-refractivity contribution in [2.24, 2.45) is 0 Å². The summed E-state index contributed by atoms with van der Waals surface area (Å²) in [5.74, 6) is 0.220. The van der Waals surface area contributed by atoms with Gasteiger partial charge in [-0.2, -0.15) is 0 Å². The van der Waals surface area contributed by atoms with E-state index in [4.69, 9.17) is 5.73 Å². The molecule has 0 aliphatic rings. The molecule has 0 saturated heterocycles. The normalized spacial score (nSPS) is 11.0. The quantitative estimate of drug-likeness (QED) is 0.570. The van der Waals surface area contributed by atoms with Crippen LogP contribution in [0.25, 0.3) is 11.2 Å². The SMILES string of the molecule is Cc1cn(-n2cnc3c(N)ncnc32)c(=O)[nH]c1=O. The maximum Gasteiger partial charge on any atom is 0.347 e. The van der Waals surface area contributed by atoms with Crippen LogP contribution in [0.15, 0.2) is 28.4 Å². The summed E-state index contributed by atoms with van der Waals surface area (Å²) in [6.07, 6.45) is 4.06. The van der Waals surface area contributed by atoms with Crippen LogP contribution in [0, 0.1) is 6.92 Å². The third-order valence-electron chi connectivity index (χ3n) is 2.68. The number of nitrogens with two attached hydrogens (primary N) is 1. The number of aromatic amines is 1. The van der Waals surface area contributed by atoms with Gasteiger partial charge in [-0.05, 0) is 6.92 Å². The molecule has 3 aromatic heterocycles. The molecule has 0 spiro atoms. The number of anilines is 1. The topological polar surface area (TPSA) is 124 Å². The van der Waals surface area contributed by atoms with Crippen LogP contribution >= 0.6 is 0 Å². The molecule has 0 atom stereocenters. The van der Waals surface area contributed by atoms with Gasteiger partial charge in [0.15, 0.2) is 17.0 Å². The van der Waals surface area contributed by atoms with Crippen molar-refractivity contribution in [3.63, 3.8) is 0 Å². The smallest absolute Gasteiger partial charge is 0.347 e. The summed E-state index contributed by atoms with van der Waals surface area (Å²) >= 11 is 0. The van der Waals surface area contributed by atoms with E-state index >= 15 is 0 Å². The number of nitrogens with zero attached hydrogens (tertiary/aromatic N) is 5. The van der Waals surface area contributed by atoms with E-state index in [-0.39, 0.29) is 5.82 Å². The molecular formula is C10H9N7O2. The van der Waals surface area contributed by atoms with E-state index in [2.05, 4.69) is 19.9 Å². The zero-order chi connectivity index (χ0) is 13.6. The lowest BCUT2D eigenvalue weighted by Crippen LogP contribution is -2.34. The van der Waals surface area contributed by atoms with Crippen molar-refractivity contribution in [1.29, 1.82) is 0 Å². The first-order valence-corrected chi connectivity index (χ1v) is 5.34. The fraction of sp³-hybridized carbons (Fsp3) is 0.100. The molecule has 0 amide bonds. The van der Waals surface area contributed by atoms with E-state index in [9.17, 15) is 9.59 Å². The number of rotatable bonds is 1. The number of nitrogens with one attached hydrogen (secondary N) is 1. The number of aryl methyl sites for hydroxylation is 1. The van der Waals surface area contributed by atoms with E-state index in [0.717, 1.165) is 0 Å². The zero-order valence-corrected chi connectivity index (χ0v) is 9.86. The van der Waals surface area contributed by atoms with E-state index in [1.54, 1.807) is 6.92 Å². The molecule has 0 unspecified atom stereocenters. The van der Waals surface area contributed by atoms with Crippen LogP contribution in [0.4, 0.5) is 5.82 Å². The number of fused-ring (bicyclic) bond motifs is 1. The van der Waals surface area contributed by atoms with Crippen LogP contribution in [0.1, 0.15) is 5.56 Å². The molecule has 0 fully saturated rings.